The summed E-state index contributed by atoms with van der Waals surface area (Å²) in [5.74, 6) is 1.58. The second-order valence-corrected chi connectivity index (χ2v) is 9.26. The summed E-state index contributed by atoms with van der Waals surface area (Å²) in [5.41, 5.74) is 3.61. The number of ether oxygens (including phenoxy) is 3. The number of rotatable bonds is 4. The maximum Gasteiger partial charge on any atom is 0.292 e. The number of nitrogens with zero attached hydrogens (tertiary/aromatic N) is 3. The minimum absolute atomic E-state index is 0.137. The van der Waals surface area contributed by atoms with Crippen LogP contribution in [-0.4, -0.2) is 73.7 Å². The summed E-state index contributed by atoms with van der Waals surface area (Å²) in [6.45, 7) is 8.06. The van der Waals surface area contributed by atoms with Gasteiger partial charge in [-0.15, -0.1) is 0 Å². The van der Waals surface area contributed by atoms with Crippen LogP contribution in [0.2, 0.25) is 0 Å². The smallest absolute Gasteiger partial charge is 0.292 e. The van der Waals surface area contributed by atoms with Crippen molar-refractivity contribution in [1.82, 2.24) is 14.7 Å². The number of likely N-dealkylation sites (N-methyl/N-ethyl adjacent to an activating group) is 1. The second-order valence-electron chi connectivity index (χ2n) is 9.26. The van der Waals surface area contributed by atoms with E-state index in [0.717, 1.165) is 37.5 Å². The fourth-order valence-electron chi connectivity index (χ4n) is 4.95. The normalized spacial score (nSPS) is 21.7. The number of hydrogen-bond acceptors (Lipinski definition) is 6. The highest BCUT2D eigenvalue weighted by atomic mass is 16.6. The molecular formula is C27H33N3O4. The van der Waals surface area contributed by atoms with Gasteiger partial charge in [-0.1, -0.05) is 36.4 Å². The Morgan fingerprint density at radius 1 is 0.971 bits per heavy atom. The average molecular weight is 464 g/mol. The van der Waals surface area contributed by atoms with Crippen molar-refractivity contribution < 1.29 is 19.0 Å². The third kappa shape index (κ3) is 4.91. The van der Waals surface area contributed by atoms with E-state index in [4.69, 9.17) is 14.2 Å². The Morgan fingerprint density at radius 3 is 2.62 bits per heavy atom. The van der Waals surface area contributed by atoms with Crippen LogP contribution >= 0.6 is 0 Å². The van der Waals surface area contributed by atoms with Gasteiger partial charge in [0.2, 0.25) is 5.76 Å². The van der Waals surface area contributed by atoms with Crippen LogP contribution in [-0.2, 0) is 27.4 Å². The lowest BCUT2D eigenvalue weighted by Gasteiger charge is -2.40. The molecule has 3 aliphatic rings. The zero-order valence-electron chi connectivity index (χ0n) is 20.0. The third-order valence-corrected chi connectivity index (χ3v) is 6.82. The molecule has 3 heterocycles. The van der Waals surface area contributed by atoms with Gasteiger partial charge >= 0.3 is 0 Å². The minimum Gasteiger partial charge on any atom is -0.491 e. The standard InChI is InChI=1S/C27H33N3O4/c1-20-26(34-15-14-32-20)27(31)30-12-13-33-25-9-8-21(16-23(25)18-30)17-29-11-10-28(2)19-24(29)22-6-4-3-5-7-22/h3-9,16,24H,10-15,17-19H2,1-2H3/t24-/m1/s1. The van der Waals surface area contributed by atoms with E-state index in [1.54, 1.807) is 11.8 Å². The van der Waals surface area contributed by atoms with Crippen molar-refractivity contribution in [3.63, 3.8) is 0 Å². The van der Waals surface area contributed by atoms with Crippen molar-refractivity contribution in [2.45, 2.75) is 26.1 Å². The molecular weight excluding hydrogens is 430 g/mol. The minimum atomic E-state index is -0.137. The molecule has 2 aromatic rings. The van der Waals surface area contributed by atoms with Crippen LogP contribution < -0.4 is 4.74 Å². The van der Waals surface area contributed by atoms with Gasteiger partial charge in [0.1, 0.15) is 31.3 Å². The second kappa shape index (κ2) is 10.1. The molecule has 34 heavy (non-hydrogen) atoms. The first-order chi connectivity index (χ1) is 16.6. The largest absolute Gasteiger partial charge is 0.491 e. The van der Waals surface area contributed by atoms with Crippen molar-refractivity contribution in [3.8, 4) is 5.75 Å². The fourth-order valence-corrected chi connectivity index (χ4v) is 4.95. The van der Waals surface area contributed by atoms with Crippen molar-refractivity contribution in [1.29, 1.82) is 0 Å². The highest BCUT2D eigenvalue weighted by Crippen LogP contribution is 2.30. The van der Waals surface area contributed by atoms with Crippen LogP contribution in [0.1, 0.15) is 29.7 Å². The molecule has 0 radical (unpaired) electrons. The zero-order valence-corrected chi connectivity index (χ0v) is 20.0. The molecule has 0 saturated carbocycles. The van der Waals surface area contributed by atoms with Crippen molar-refractivity contribution in [2.75, 3.05) is 53.0 Å². The fraction of sp³-hybridized carbons (Fsp3) is 0.444. The molecule has 7 heteroatoms. The summed E-state index contributed by atoms with van der Waals surface area (Å²) >= 11 is 0. The van der Waals surface area contributed by atoms with Gasteiger partial charge in [0.15, 0.2) is 0 Å². The lowest BCUT2D eigenvalue weighted by atomic mass is 10.0. The number of benzene rings is 2. The highest BCUT2D eigenvalue weighted by molar-refractivity contribution is 5.92. The van der Waals surface area contributed by atoms with Crippen LogP contribution in [0.3, 0.4) is 0 Å². The number of piperazine rings is 1. The van der Waals surface area contributed by atoms with Gasteiger partial charge in [-0.05, 0) is 37.2 Å². The number of hydrogen-bond donors (Lipinski definition) is 0. The topological polar surface area (TPSA) is 54.5 Å². The van der Waals surface area contributed by atoms with Gasteiger partial charge in [-0.3, -0.25) is 9.69 Å². The predicted octanol–water partition coefficient (Wildman–Crippen LogP) is 3.17. The maximum atomic E-state index is 13.2. The average Bonchev–Trinajstić information content (AvgIpc) is 3.08. The molecule has 0 bridgehead atoms. The summed E-state index contributed by atoms with van der Waals surface area (Å²) in [7, 11) is 2.19. The molecule has 1 saturated heterocycles. The van der Waals surface area contributed by atoms with Crippen LogP contribution in [0.15, 0.2) is 60.0 Å². The Hall–Kier alpha value is -3.03. The SMILES string of the molecule is CC1=C(C(=O)N2CCOc3ccc(CN4CCN(C)C[C@@H]4c4ccccc4)cc3C2)OCCO1. The predicted molar refractivity (Wildman–Crippen MR) is 129 cm³/mol. The highest BCUT2D eigenvalue weighted by Gasteiger charge is 2.29. The van der Waals surface area contributed by atoms with Gasteiger partial charge in [-0.2, -0.15) is 0 Å². The molecule has 5 rings (SSSR count). The molecule has 180 valence electrons. The summed E-state index contributed by atoms with van der Waals surface area (Å²) in [6, 6.07) is 17.5. The van der Waals surface area contributed by atoms with Crippen molar-refractivity contribution in [2.24, 2.45) is 0 Å². The van der Waals surface area contributed by atoms with Gasteiger partial charge in [0.05, 0.1) is 6.54 Å². The number of carbonyl (C=O) groups is 1. The lowest BCUT2D eigenvalue weighted by Crippen LogP contribution is -2.46. The molecule has 1 atom stereocenters. The molecule has 0 aliphatic carbocycles. The molecule has 0 spiro atoms. The Labute approximate surface area is 201 Å². The first-order valence-electron chi connectivity index (χ1n) is 12.1. The summed E-state index contributed by atoms with van der Waals surface area (Å²) in [5, 5.41) is 0. The number of fused-ring (bicyclic) bond motifs is 1. The van der Waals surface area contributed by atoms with Crippen molar-refractivity contribution in [3.05, 3.63) is 76.7 Å². The number of amides is 1. The first kappa shape index (κ1) is 22.7. The summed E-state index contributed by atoms with van der Waals surface area (Å²) in [4.78, 5) is 19.9. The Morgan fingerprint density at radius 2 is 1.79 bits per heavy atom. The monoisotopic (exact) mass is 463 g/mol. The van der Waals surface area contributed by atoms with Gasteiger partial charge in [0.25, 0.3) is 5.91 Å². The molecule has 7 nitrogen and oxygen atoms in total. The molecule has 1 amide bonds. The quantitative estimate of drug-likeness (QED) is 0.694. The Balaban J connectivity index is 1.35. The van der Waals surface area contributed by atoms with Gasteiger partial charge < -0.3 is 24.0 Å². The third-order valence-electron chi connectivity index (χ3n) is 6.82. The molecule has 3 aliphatic heterocycles. The lowest BCUT2D eigenvalue weighted by molar-refractivity contribution is -0.133. The molecule has 2 aromatic carbocycles. The van der Waals surface area contributed by atoms with E-state index >= 15 is 0 Å². The van der Waals surface area contributed by atoms with Crippen LogP contribution in [0.4, 0.5) is 0 Å². The molecule has 0 unspecified atom stereocenters. The zero-order chi connectivity index (χ0) is 23.5. The molecule has 0 aromatic heterocycles. The Bertz CT molecular complexity index is 1060. The van der Waals surface area contributed by atoms with E-state index in [2.05, 4.69) is 65.4 Å². The molecule has 0 N–H and O–H groups in total. The van der Waals surface area contributed by atoms with Crippen LogP contribution in [0.25, 0.3) is 0 Å². The first-order valence-corrected chi connectivity index (χ1v) is 12.1. The van der Waals surface area contributed by atoms with E-state index in [0.29, 0.717) is 50.5 Å². The number of carbonyl (C=O) groups excluding carboxylic acids is 1. The van der Waals surface area contributed by atoms with Crippen LogP contribution in [0.5, 0.6) is 5.75 Å². The van der Waals surface area contributed by atoms with E-state index in [9.17, 15) is 4.79 Å². The Kier molecular flexibility index (Phi) is 6.74. The molecule has 1 fully saturated rings. The summed E-state index contributed by atoms with van der Waals surface area (Å²) in [6.07, 6.45) is 0. The van der Waals surface area contributed by atoms with E-state index in [-0.39, 0.29) is 5.91 Å². The summed E-state index contributed by atoms with van der Waals surface area (Å²) < 4.78 is 17.2. The van der Waals surface area contributed by atoms with E-state index in [1.807, 2.05) is 0 Å². The van der Waals surface area contributed by atoms with E-state index < -0.39 is 0 Å². The van der Waals surface area contributed by atoms with E-state index in [1.165, 1.54) is 11.1 Å². The number of allylic oxidation sites excluding steroid dienone is 1. The van der Waals surface area contributed by atoms with Gasteiger partial charge in [0, 0.05) is 44.3 Å². The van der Waals surface area contributed by atoms with Crippen molar-refractivity contribution >= 4 is 5.91 Å². The van der Waals surface area contributed by atoms with Gasteiger partial charge in [-0.25, -0.2) is 0 Å². The maximum absolute atomic E-state index is 13.2. The van der Waals surface area contributed by atoms with Crippen LogP contribution in [0, 0.1) is 0 Å².